The summed E-state index contributed by atoms with van der Waals surface area (Å²) in [6.07, 6.45) is 1.93. The average molecular weight is 295 g/mol. The number of nitrogens with one attached hydrogen (secondary N) is 1. The lowest BCUT2D eigenvalue weighted by Gasteiger charge is -2.26. The Morgan fingerprint density at radius 1 is 1.50 bits per heavy atom. The molecular weight excluding hydrogens is 285 g/mol. The highest BCUT2D eigenvalue weighted by Crippen LogP contribution is 2.23. The maximum Gasteiger partial charge on any atom is 0.186 e. The standard InChI is InChI=1S/C7H10IN3S/c8-6-5-10-7(12-6)11-3-1-9-2-4-11/h5,9H,1-4H2. The van der Waals surface area contributed by atoms with Crippen LogP contribution < -0.4 is 10.2 Å². The lowest BCUT2D eigenvalue weighted by atomic mass is 10.4. The molecule has 0 bridgehead atoms. The minimum absolute atomic E-state index is 1.08. The number of halogens is 1. The molecule has 2 heterocycles. The van der Waals surface area contributed by atoms with Gasteiger partial charge < -0.3 is 10.2 Å². The van der Waals surface area contributed by atoms with Gasteiger partial charge in [0, 0.05) is 26.2 Å². The Hall–Kier alpha value is 0.120. The quantitative estimate of drug-likeness (QED) is 0.788. The highest BCUT2D eigenvalue weighted by molar-refractivity contribution is 14.1. The van der Waals surface area contributed by atoms with Crippen molar-refractivity contribution in [2.24, 2.45) is 0 Å². The third kappa shape index (κ3) is 1.89. The average Bonchev–Trinajstić information content (AvgIpc) is 2.54. The Bertz CT molecular complexity index is 257. The van der Waals surface area contributed by atoms with Crippen molar-refractivity contribution < 1.29 is 0 Å². The van der Waals surface area contributed by atoms with Gasteiger partial charge in [0.15, 0.2) is 5.13 Å². The zero-order valence-corrected chi connectivity index (χ0v) is 9.56. The van der Waals surface area contributed by atoms with Crippen LogP contribution in [0.25, 0.3) is 0 Å². The Labute approximate surface area is 89.3 Å². The number of hydrogen-bond acceptors (Lipinski definition) is 4. The van der Waals surface area contributed by atoms with Crippen molar-refractivity contribution in [2.45, 2.75) is 0 Å². The van der Waals surface area contributed by atoms with Crippen LogP contribution in [0.1, 0.15) is 0 Å². The minimum Gasteiger partial charge on any atom is -0.346 e. The van der Waals surface area contributed by atoms with Crippen molar-refractivity contribution in [1.29, 1.82) is 0 Å². The molecular formula is C7H10IN3S. The molecule has 66 valence electrons. The van der Waals surface area contributed by atoms with Crippen LogP contribution in [0.2, 0.25) is 0 Å². The second-order valence-electron chi connectivity index (χ2n) is 2.68. The fourth-order valence-electron chi connectivity index (χ4n) is 1.25. The SMILES string of the molecule is Ic1cnc(N2CCNCC2)s1. The van der Waals surface area contributed by atoms with E-state index in [2.05, 4.69) is 37.8 Å². The van der Waals surface area contributed by atoms with Crippen molar-refractivity contribution in [3.8, 4) is 0 Å². The largest absolute Gasteiger partial charge is 0.346 e. The second kappa shape index (κ2) is 3.89. The highest BCUT2D eigenvalue weighted by Gasteiger charge is 2.12. The number of rotatable bonds is 1. The molecule has 0 amide bonds. The van der Waals surface area contributed by atoms with Crippen LogP contribution in [0.15, 0.2) is 6.20 Å². The molecule has 1 N–H and O–H groups in total. The van der Waals surface area contributed by atoms with Gasteiger partial charge in [-0.05, 0) is 22.6 Å². The fourth-order valence-corrected chi connectivity index (χ4v) is 2.68. The van der Waals surface area contributed by atoms with Gasteiger partial charge in [0.2, 0.25) is 0 Å². The molecule has 3 nitrogen and oxygen atoms in total. The number of nitrogens with zero attached hydrogens (tertiary/aromatic N) is 2. The molecule has 0 spiro atoms. The predicted octanol–water partition coefficient (Wildman–Crippen LogP) is 1.16. The Morgan fingerprint density at radius 3 is 2.83 bits per heavy atom. The molecule has 0 aromatic carbocycles. The molecule has 5 heteroatoms. The van der Waals surface area contributed by atoms with Crippen LogP contribution in [0.3, 0.4) is 0 Å². The zero-order valence-electron chi connectivity index (χ0n) is 6.59. The number of anilines is 1. The first-order chi connectivity index (χ1) is 5.86. The molecule has 1 aliphatic heterocycles. The summed E-state index contributed by atoms with van der Waals surface area (Å²) in [7, 11) is 0. The summed E-state index contributed by atoms with van der Waals surface area (Å²) in [5, 5.41) is 4.49. The Balaban J connectivity index is 2.08. The Morgan fingerprint density at radius 2 is 2.25 bits per heavy atom. The molecule has 1 fully saturated rings. The number of hydrogen-bond donors (Lipinski definition) is 1. The van der Waals surface area contributed by atoms with E-state index in [9.17, 15) is 0 Å². The van der Waals surface area contributed by atoms with Crippen LogP contribution in [-0.4, -0.2) is 31.2 Å². The maximum atomic E-state index is 4.35. The van der Waals surface area contributed by atoms with Crippen molar-refractivity contribution in [3.05, 3.63) is 9.08 Å². The summed E-state index contributed by atoms with van der Waals surface area (Å²) in [4.78, 5) is 6.69. The van der Waals surface area contributed by atoms with Gasteiger partial charge >= 0.3 is 0 Å². The van der Waals surface area contributed by atoms with Gasteiger partial charge in [-0.25, -0.2) is 4.98 Å². The summed E-state index contributed by atoms with van der Waals surface area (Å²) in [6, 6.07) is 0. The monoisotopic (exact) mass is 295 g/mol. The minimum atomic E-state index is 1.08. The molecule has 12 heavy (non-hydrogen) atoms. The summed E-state index contributed by atoms with van der Waals surface area (Å²) in [5.41, 5.74) is 0. The van der Waals surface area contributed by atoms with Gasteiger partial charge in [0.05, 0.1) is 9.08 Å². The van der Waals surface area contributed by atoms with Gasteiger partial charge in [-0.1, -0.05) is 11.3 Å². The molecule has 0 radical (unpaired) electrons. The van der Waals surface area contributed by atoms with E-state index in [4.69, 9.17) is 0 Å². The van der Waals surface area contributed by atoms with E-state index in [1.165, 1.54) is 8.02 Å². The molecule has 0 unspecified atom stereocenters. The molecule has 1 aromatic rings. The lowest BCUT2D eigenvalue weighted by Crippen LogP contribution is -2.43. The molecule has 1 saturated heterocycles. The predicted molar refractivity (Wildman–Crippen MR) is 59.9 cm³/mol. The smallest absolute Gasteiger partial charge is 0.186 e. The molecule has 0 aliphatic carbocycles. The topological polar surface area (TPSA) is 28.2 Å². The van der Waals surface area contributed by atoms with Crippen LogP contribution in [0, 0.1) is 2.88 Å². The van der Waals surface area contributed by atoms with E-state index in [1.54, 1.807) is 11.3 Å². The van der Waals surface area contributed by atoms with Crippen molar-refractivity contribution in [2.75, 3.05) is 31.1 Å². The summed E-state index contributed by atoms with van der Waals surface area (Å²) in [6.45, 7) is 4.33. The maximum absolute atomic E-state index is 4.35. The van der Waals surface area contributed by atoms with Gasteiger partial charge in [0.25, 0.3) is 0 Å². The summed E-state index contributed by atoms with van der Waals surface area (Å²) < 4.78 is 1.26. The normalized spacial score (nSPS) is 18.2. The molecule has 0 atom stereocenters. The summed E-state index contributed by atoms with van der Waals surface area (Å²) >= 11 is 4.08. The van der Waals surface area contributed by atoms with Gasteiger partial charge in [0.1, 0.15) is 0 Å². The van der Waals surface area contributed by atoms with Crippen molar-refractivity contribution >= 4 is 39.1 Å². The fraction of sp³-hybridized carbons (Fsp3) is 0.571. The van der Waals surface area contributed by atoms with Gasteiger partial charge in [-0.3, -0.25) is 0 Å². The van der Waals surface area contributed by atoms with E-state index >= 15 is 0 Å². The van der Waals surface area contributed by atoms with Crippen LogP contribution in [0.4, 0.5) is 5.13 Å². The first-order valence-electron chi connectivity index (χ1n) is 3.93. The first kappa shape index (κ1) is 8.71. The van der Waals surface area contributed by atoms with E-state index in [0.717, 1.165) is 26.2 Å². The highest BCUT2D eigenvalue weighted by atomic mass is 127. The van der Waals surface area contributed by atoms with Crippen LogP contribution in [0.5, 0.6) is 0 Å². The lowest BCUT2D eigenvalue weighted by molar-refractivity contribution is 0.588. The van der Waals surface area contributed by atoms with E-state index in [1.807, 2.05) is 6.20 Å². The van der Waals surface area contributed by atoms with Crippen LogP contribution in [-0.2, 0) is 0 Å². The number of aromatic nitrogens is 1. The number of piperazine rings is 1. The number of thiazole rings is 1. The van der Waals surface area contributed by atoms with E-state index in [-0.39, 0.29) is 0 Å². The van der Waals surface area contributed by atoms with Crippen molar-refractivity contribution in [1.82, 2.24) is 10.3 Å². The zero-order chi connectivity index (χ0) is 8.39. The molecule has 1 aromatic heterocycles. The van der Waals surface area contributed by atoms with Gasteiger partial charge in [-0.2, -0.15) is 0 Å². The molecule has 0 saturated carbocycles. The van der Waals surface area contributed by atoms with Crippen LogP contribution >= 0.6 is 33.9 Å². The van der Waals surface area contributed by atoms with E-state index in [0.29, 0.717) is 0 Å². The first-order valence-corrected chi connectivity index (χ1v) is 5.83. The summed E-state index contributed by atoms with van der Waals surface area (Å²) in [5.74, 6) is 0. The molecule has 2 rings (SSSR count). The Kier molecular flexibility index (Phi) is 2.82. The molecule has 1 aliphatic rings. The second-order valence-corrected chi connectivity index (χ2v) is 5.59. The van der Waals surface area contributed by atoms with Crippen molar-refractivity contribution in [3.63, 3.8) is 0 Å². The van der Waals surface area contributed by atoms with E-state index < -0.39 is 0 Å². The van der Waals surface area contributed by atoms with Gasteiger partial charge in [-0.15, -0.1) is 0 Å². The third-order valence-electron chi connectivity index (χ3n) is 1.85. The third-order valence-corrected chi connectivity index (χ3v) is 3.64.